The van der Waals surface area contributed by atoms with Gasteiger partial charge in [0, 0.05) is 24.8 Å². The molecule has 20 heavy (non-hydrogen) atoms. The molecule has 0 N–H and O–H groups in total. The average Bonchev–Trinajstić information content (AvgIpc) is 2.46. The number of aromatic nitrogens is 2. The quantitative estimate of drug-likeness (QED) is 0.789. The summed E-state index contributed by atoms with van der Waals surface area (Å²) in [7, 11) is 1.46. The van der Waals surface area contributed by atoms with Crippen LogP contribution in [-0.4, -0.2) is 36.1 Å². The number of nitrogens with zero attached hydrogens (tertiary/aromatic N) is 3. The van der Waals surface area contributed by atoms with Crippen molar-refractivity contribution in [2.24, 2.45) is 11.8 Å². The van der Waals surface area contributed by atoms with Gasteiger partial charge in [-0.25, -0.2) is 9.97 Å². The fourth-order valence-corrected chi connectivity index (χ4v) is 2.60. The van der Waals surface area contributed by atoms with Gasteiger partial charge in [-0.1, -0.05) is 13.8 Å². The van der Waals surface area contributed by atoms with Crippen LogP contribution in [0.1, 0.15) is 32.4 Å². The summed E-state index contributed by atoms with van der Waals surface area (Å²) < 4.78 is 4.81. The molecule has 1 aliphatic heterocycles. The van der Waals surface area contributed by atoms with E-state index in [9.17, 15) is 4.79 Å². The van der Waals surface area contributed by atoms with Crippen molar-refractivity contribution in [1.82, 2.24) is 9.97 Å². The van der Waals surface area contributed by atoms with E-state index in [-0.39, 0.29) is 11.9 Å². The summed E-state index contributed by atoms with van der Waals surface area (Å²) in [6.07, 6.45) is 4.26. The highest BCUT2D eigenvalue weighted by molar-refractivity contribution is 5.72. The van der Waals surface area contributed by atoms with E-state index in [1.165, 1.54) is 7.11 Å². The van der Waals surface area contributed by atoms with Gasteiger partial charge in [0.05, 0.1) is 13.0 Å². The van der Waals surface area contributed by atoms with E-state index in [2.05, 4.69) is 34.8 Å². The van der Waals surface area contributed by atoms with Crippen LogP contribution in [-0.2, 0) is 16.0 Å². The molecule has 5 heteroatoms. The van der Waals surface area contributed by atoms with Gasteiger partial charge in [0.15, 0.2) is 0 Å². The largest absolute Gasteiger partial charge is 0.469 e. The van der Waals surface area contributed by atoms with Crippen molar-refractivity contribution in [3.05, 3.63) is 18.1 Å². The fourth-order valence-electron chi connectivity index (χ4n) is 2.60. The molecule has 1 saturated heterocycles. The molecule has 0 amide bonds. The van der Waals surface area contributed by atoms with Crippen LogP contribution >= 0.6 is 0 Å². The highest BCUT2D eigenvalue weighted by atomic mass is 16.5. The lowest BCUT2D eigenvalue weighted by Crippen LogP contribution is -2.37. The van der Waals surface area contributed by atoms with Crippen molar-refractivity contribution in [3.8, 4) is 0 Å². The zero-order valence-corrected chi connectivity index (χ0v) is 12.5. The monoisotopic (exact) mass is 277 g/mol. The zero-order chi connectivity index (χ0) is 14.5. The van der Waals surface area contributed by atoms with Crippen molar-refractivity contribution in [3.63, 3.8) is 0 Å². The number of hydrogen-bond donors (Lipinski definition) is 0. The number of anilines is 1. The van der Waals surface area contributed by atoms with Crippen LogP contribution in [0.5, 0.6) is 0 Å². The van der Waals surface area contributed by atoms with Gasteiger partial charge in [0.25, 0.3) is 0 Å². The zero-order valence-electron chi connectivity index (χ0n) is 12.5. The summed E-state index contributed by atoms with van der Waals surface area (Å²) in [6.45, 7) is 6.06. The van der Waals surface area contributed by atoms with Crippen molar-refractivity contribution in [1.29, 1.82) is 0 Å². The highest BCUT2D eigenvalue weighted by Crippen LogP contribution is 2.23. The average molecular weight is 277 g/mol. The van der Waals surface area contributed by atoms with E-state index in [0.717, 1.165) is 43.9 Å². The molecule has 2 rings (SSSR count). The molecule has 0 aliphatic carbocycles. The summed E-state index contributed by atoms with van der Waals surface area (Å²) in [5.74, 6) is 1.50. The van der Waals surface area contributed by atoms with Crippen molar-refractivity contribution < 1.29 is 9.53 Å². The fraction of sp³-hybridized carbons (Fsp3) is 0.667. The van der Waals surface area contributed by atoms with Gasteiger partial charge in [-0.15, -0.1) is 0 Å². The minimum atomic E-state index is -0.0900. The Morgan fingerprint density at radius 2 is 2.10 bits per heavy atom. The Labute approximate surface area is 120 Å². The number of carbonyl (C=O) groups excluding carboxylic acids is 1. The molecule has 0 atom stereocenters. The van der Waals surface area contributed by atoms with Crippen molar-refractivity contribution in [2.75, 3.05) is 25.1 Å². The third-order valence-electron chi connectivity index (χ3n) is 3.68. The molecule has 2 heterocycles. The van der Waals surface area contributed by atoms with Gasteiger partial charge in [-0.05, 0) is 25.2 Å². The minimum absolute atomic E-state index is 0.0354. The Bertz CT molecular complexity index is 454. The van der Waals surface area contributed by atoms with Gasteiger partial charge < -0.3 is 9.64 Å². The lowest BCUT2D eigenvalue weighted by atomic mass is 9.97. The maximum Gasteiger partial charge on any atom is 0.308 e. The smallest absolute Gasteiger partial charge is 0.308 e. The van der Waals surface area contributed by atoms with Crippen molar-refractivity contribution >= 4 is 11.8 Å². The first-order valence-corrected chi connectivity index (χ1v) is 7.24. The van der Waals surface area contributed by atoms with Crippen LogP contribution in [0.15, 0.2) is 12.4 Å². The number of ether oxygens (including phenoxy) is 1. The second kappa shape index (κ2) is 6.68. The van der Waals surface area contributed by atoms with Gasteiger partial charge >= 0.3 is 5.97 Å². The molecule has 5 nitrogen and oxygen atoms in total. The number of piperidine rings is 1. The van der Waals surface area contributed by atoms with Crippen LogP contribution in [0, 0.1) is 11.8 Å². The van der Waals surface area contributed by atoms with Gasteiger partial charge in [0.1, 0.15) is 12.1 Å². The first-order valence-electron chi connectivity index (χ1n) is 7.24. The third-order valence-corrected chi connectivity index (χ3v) is 3.68. The number of rotatable bonds is 4. The van der Waals surface area contributed by atoms with E-state index < -0.39 is 0 Å². The van der Waals surface area contributed by atoms with Crippen LogP contribution in [0.2, 0.25) is 0 Å². The minimum Gasteiger partial charge on any atom is -0.469 e. The SMILES string of the molecule is COC(=O)C1CCN(c2cc(CC(C)C)ncn2)CC1. The topological polar surface area (TPSA) is 55.3 Å². The molecule has 0 bridgehead atoms. The number of methoxy groups -OCH3 is 1. The van der Waals surface area contributed by atoms with Crippen LogP contribution < -0.4 is 4.90 Å². The Morgan fingerprint density at radius 1 is 1.40 bits per heavy atom. The molecule has 1 fully saturated rings. The summed E-state index contributed by atoms with van der Waals surface area (Å²) in [4.78, 5) is 22.4. The van der Waals surface area contributed by atoms with E-state index in [1.54, 1.807) is 6.33 Å². The van der Waals surface area contributed by atoms with Crippen molar-refractivity contribution in [2.45, 2.75) is 33.1 Å². The molecule has 1 aliphatic rings. The number of hydrogen-bond acceptors (Lipinski definition) is 5. The summed E-state index contributed by atoms with van der Waals surface area (Å²) in [5.41, 5.74) is 1.08. The highest BCUT2D eigenvalue weighted by Gasteiger charge is 2.26. The molecule has 0 saturated carbocycles. The second-order valence-corrected chi connectivity index (χ2v) is 5.75. The first kappa shape index (κ1) is 14.8. The standard InChI is InChI=1S/C15H23N3O2/c1-11(2)8-13-9-14(17-10-16-13)18-6-4-12(5-7-18)15(19)20-3/h9-12H,4-8H2,1-3H3. The number of carbonyl (C=O) groups is 1. The normalized spacial score (nSPS) is 16.5. The van der Waals surface area contributed by atoms with Crippen LogP contribution in [0.25, 0.3) is 0 Å². The Morgan fingerprint density at radius 3 is 2.70 bits per heavy atom. The lowest BCUT2D eigenvalue weighted by Gasteiger charge is -2.31. The Kier molecular flexibility index (Phi) is 4.93. The summed E-state index contributed by atoms with van der Waals surface area (Å²) in [6, 6.07) is 2.07. The lowest BCUT2D eigenvalue weighted by molar-refractivity contribution is -0.146. The summed E-state index contributed by atoms with van der Waals surface area (Å²) >= 11 is 0. The molecule has 1 aromatic heterocycles. The first-order chi connectivity index (χ1) is 9.60. The number of esters is 1. The predicted octanol–water partition coefficient (Wildman–Crippen LogP) is 2.06. The molecular weight excluding hydrogens is 254 g/mol. The molecule has 0 aromatic carbocycles. The third kappa shape index (κ3) is 3.68. The molecule has 0 unspecified atom stereocenters. The van der Waals surface area contributed by atoms with E-state index in [4.69, 9.17) is 4.74 Å². The van der Waals surface area contributed by atoms with Crippen LogP contribution in [0.3, 0.4) is 0 Å². The maximum absolute atomic E-state index is 11.5. The summed E-state index contributed by atoms with van der Waals surface area (Å²) in [5, 5.41) is 0. The van der Waals surface area contributed by atoms with Crippen LogP contribution in [0.4, 0.5) is 5.82 Å². The van der Waals surface area contributed by atoms with Gasteiger partial charge in [0.2, 0.25) is 0 Å². The van der Waals surface area contributed by atoms with Gasteiger partial charge in [-0.3, -0.25) is 4.79 Å². The van der Waals surface area contributed by atoms with E-state index >= 15 is 0 Å². The Balaban J connectivity index is 1.98. The molecule has 1 aromatic rings. The second-order valence-electron chi connectivity index (χ2n) is 5.75. The predicted molar refractivity (Wildman–Crippen MR) is 77.5 cm³/mol. The maximum atomic E-state index is 11.5. The molecule has 0 radical (unpaired) electrons. The molecule has 110 valence electrons. The van der Waals surface area contributed by atoms with Gasteiger partial charge in [-0.2, -0.15) is 0 Å². The molecular formula is C15H23N3O2. The van der Waals surface area contributed by atoms with E-state index in [0.29, 0.717) is 5.92 Å². The molecule has 0 spiro atoms. The van der Waals surface area contributed by atoms with E-state index in [1.807, 2.05) is 0 Å². The Hall–Kier alpha value is -1.65.